The average Bonchev–Trinajstić information content (AvgIpc) is 2.70. The smallest absolute Gasteiger partial charge is 0.253 e. The SMILES string of the molecule is Cc1cc(-c2nccn2CC2CC2(F)F)on1. The molecule has 2 aromatic rings. The van der Waals surface area contributed by atoms with Gasteiger partial charge < -0.3 is 9.09 Å². The molecule has 0 N–H and O–H groups in total. The maximum Gasteiger partial charge on any atom is 0.253 e. The zero-order valence-corrected chi connectivity index (χ0v) is 9.23. The van der Waals surface area contributed by atoms with E-state index in [0.29, 0.717) is 11.6 Å². The third-order valence-electron chi connectivity index (χ3n) is 2.94. The molecule has 0 spiro atoms. The summed E-state index contributed by atoms with van der Waals surface area (Å²) in [7, 11) is 0. The number of aromatic nitrogens is 3. The normalized spacial score (nSPS) is 21.7. The van der Waals surface area contributed by atoms with Gasteiger partial charge in [0.05, 0.1) is 5.69 Å². The zero-order chi connectivity index (χ0) is 12.0. The van der Waals surface area contributed by atoms with Gasteiger partial charge in [-0.15, -0.1) is 0 Å². The first kappa shape index (κ1) is 10.4. The van der Waals surface area contributed by atoms with Crippen LogP contribution in [0, 0.1) is 12.8 Å². The van der Waals surface area contributed by atoms with Gasteiger partial charge in [-0.25, -0.2) is 13.8 Å². The number of hydrogen-bond acceptors (Lipinski definition) is 3. The Morgan fingerprint density at radius 3 is 2.94 bits per heavy atom. The molecule has 0 aliphatic heterocycles. The quantitative estimate of drug-likeness (QED) is 0.826. The highest BCUT2D eigenvalue weighted by atomic mass is 19.3. The summed E-state index contributed by atoms with van der Waals surface area (Å²) in [6.07, 6.45) is 3.22. The van der Waals surface area contributed by atoms with Gasteiger partial charge in [0.15, 0.2) is 5.82 Å². The molecule has 1 fully saturated rings. The van der Waals surface area contributed by atoms with Crippen molar-refractivity contribution >= 4 is 0 Å². The number of alkyl halides is 2. The summed E-state index contributed by atoms with van der Waals surface area (Å²) in [5.74, 6) is -2.04. The van der Waals surface area contributed by atoms with E-state index in [-0.39, 0.29) is 13.0 Å². The molecule has 1 saturated carbocycles. The molecule has 6 heteroatoms. The van der Waals surface area contributed by atoms with Gasteiger partial charge in [0.1, 0.15) is 0 Å². The Hall–Kier alpha value is -1.72. The summed E-state index contributed by atoms with van der Waals surface area (Å²) in [4.78, 5) is 4.11. The highest BCUT2D eigenvalue weighted by molar-refractivity contribution is 5.47. The number of nitrogens with zero attached hydrogens (tertiary/aromatic N) is 3. The summed E-state index contributed by atoms with van der Waals surface area (Å²) < 4.78 is 32.5. The maximum atomic E-state index is 12.9. The Bertz CT molecular complexity index is 546. The van der Waals surface area contributed by atoms with Crippen molar-refractivity contribution in [1.82, 2.24) is 14.7 Å². The van der Waals surface area contributed by atoms with Gasteiger partial charge >= 0.3 is 0 Å². The van der Waals surface area contributed by atoms with Crippen molar-refractivity contribution in [3.8, 4) is 11.6 Å². The highest BCUT2D eigenvalue weighted by Gasteiger charge is 2.56. The second-order valence-electron chi connectivity index (χ2n) is 4.40. The van der Waals surface area contributed by atoms with Gasteiger partial charge in [-0.1, -0.05) is 5.16 Å². The largest absolute Gasteiger partial charge is 0.353 e. The molecule has 1 aliphatic rings. The third-order valence-corrected chi connectivity index (χ3v) is 2.94. The second-order valence-corrected chi connectivity index (χ2v) is 4.40. The van der Waals surface area contributed by atoms with E-state index in [4.69, 9.17) is 4.52 Å². The minimum atomic E-state index is -2.52. The van der Waals surface area contributed by atoms with Crippen LogP contribution in [0.5, 0.6) is 0 Å². The van der Waals surface area contributed by atoms with E-state index in [1.165, 1.54) is 0 Å². The van der Waals surface area contributed by atoms with E-state index in [2.05, 4.69) is 10.1 Å². The molecule has 17 heavy (non-hydrogen) atoms. The molecule has 0 aromatic carbocycles. The number of rotatable bonds is 3. The number of halogens is 2. The Balaban J connectivity index is 1.85. The fourth-order valence-corrected chi connectivity index (χ4v) is 1.86. The lowest BCUT2D eigenvalue weighted by atomic mass is 10.3. The third kappa shape index (κ3) is 1.83. The van der Waals surface area contributed by atoms with Gasteiger partial charge in [-0.2, -0.15) is 0 Å². The Kier molecular flexibility index (Phi) is 2.08. The second kappa shape index (κ2) is 3.38. The first-order valence-electron chi connectivity index (χ1n) is 5.39. The summed E-state index contributed by atoms with van der Waals surface area (Å²) in [5.41, 5.74) is 0.742. The van der Waals surface area contributed by atoms with Gasteiger partial charge in [-0.05, 0) is 6.92 Å². The Labute approximate surface area is 96.2 Å². The van der Waals surface area contributed by atoms with E-state index < -0.39 is 11.8 Å². The molecule has 0 saturated heterocycles. The zero-order valence-electron chi connectivity index (χ0n) is 9.23. The van der Waals surface area contributed by atoms with Gasteiger partial charge in [-0.3, -0.25) is 0 Å². The topological polar surface area (TPSA) is 43.9 Å². The van der Waals surface area contributed by atoms with Crippen LogP contribution in [0.3, 0.4) is 0 Å². The van der Waals surface area contributed by atoms with Crippen LogP contribution < -0.4 is 0 Å². The lowest BCUT2D eigenvalue weighted by molar-refractivity contribution is 0.0952. The van der Waals surface area contributed by atoms with Crippen LogP contribution in [-0.4, -0.2) is 20.6 Å². The molecule has 1 unspecified atom stereocenters. The Morgan fingerprint density at radius 2 is 2.35 bits per heavy atom. The summed E-state index contributed by atoms with van der Waals surface area (Å²) in [6, 6.07) is 1.74. The van der Waals surface area contributed by atoms with E-state index in [9.17, 15) is 8.78 Å². The van der Waals surface area contributed by atoms with Crippen molar-refractivity contribution in [1.29, 1.82) is 0 Å². The lowest BCUT2D eigenvalue weighted by Gasteiger charge is -2.04. The van der Waals surface area contributed by atoms with Crippen molar-refractivity contribution in [2.45, 2.75) is 25.8 Å². The summed E-state index contributed by atoms with van der Waals surface area (Å²) in [6.45, 7) is 2.07. The molecule has 90 valence electrons. The van der Waals surface area contributed by atoms with Crippen molar-refractivity contribution in [3.63, 3.8) is 0 Å². The van der Waals surface area contributed by atoms with Crippen LogP contribution in [0.15, 0.2) is 23.0 Å². The number of hydrogen-bond donors (Lipinski definition) is 0. The van der Waals surface area contributed by atoms with Crippen molar-refractivity contribution in [3.05, 3.63) is 24.2 Å². The molecule has 0 bridgehead atoms. The fourth-order valence-electron chi connectivity index (χ4n) is 1.86. The van der Waals surface area contributed by atoms with Gasteiger partial charge in [0.2, 0.25) is 5.76 Å². The molecule has 2 aromatic heterocycles. The Morgan fingerprint density at radius 1 is 1.59 bits per heavy atom. The molecular formula is C11H11F2N3O. The van der Waals surface area contributed by atoms with Crippen LogP contribution in [0.1, 0.15) is 12.1 Å². The monoisotopic (exact) mass is 239 g/mol. The maximum absolute atomic E-state index is 12.9. The minimum Gasteiger partial charge on any atom is -0.353 e. The van der Waals surface area contributed by atoms with Crippen molar-refractivity contribution < 1.29 is 13.3 Å². The molecular weight excluding hydrogens is 228 g/mol. The van der Waals surface area contributed by atoms with E-state index in [1.807, 2.05) is 0 Å². The van der Waals surface area contributed by atoms with Crippen LogP contribution in [-0.2, 0) is 6.54 Å². The molecule has 4 nitrogen and oxygen atoms in total. The van der Waals surface area contributed by atoms with E-state index in [1.54, 1.807) is 30.0 Å². The first-order valence-corrected chi connectivity index (χ1v) is 5.39. The first-order chi connectivity index (χ1) is 8.06. The molecule has 0 radical (unpaired) electrons. The van der Waals surface area contributed by atoms with Crippen LogP contribution >= 0.6 is 0 Å². The molecule has 1 atom stereocenters. The predicted octanol–water partition coefficient (Wildman–Crippen LogP) is 2.50. The van der Waals surface area contributed by atoms with E-state index in [0.717, 1.165) is 5.69 Å². The summed E-state index contributed by atoms with van der Waals surface area (Å²) in [5, 5.41) is 3.76. The van der Waals surface area contributed by atoms with Crippen molar-refractivity contribution in [2.24, 2.45) is 5.92 Å². The highest BCUT2D eigenvalue weighted by Crippen LogP contribution is 2.49. The minimum absolute atomic E-state index is 0.0416. The molecule has 2 heterocycles. The van der Waals surface area contributed by atoms with E-state index >= 15 is 0 Å². The molecule has 1 aliphatic carbocycles. The van der Waals surface area contributed by atoms with Gasteiger partial charge in [0, 0.05) is 37.3 Å². The van der Waals surface area contributed by atoms with Crippen molar-refractivity contribution in [2.75, 3.05) is 0 Å². The number of aryl methyl sites for hydroxylation is 1. The van der Waals surface area contributed by atoms with Crippen LogP contribution in [0.4, 0.5) is 8.78 Å². The number of imidazole rings is 1. The fraction of sp³-hybridized carbons (Fsp3) is 0.455. The predicted molar refractivity (Wildman–Crippen MR) is 55.5 cm³/mol. The van der Waals surface area contributed by atoms with Crippen LogP contribution in [0.2, 0.25) is 0 Å². The van der Waals surface area contributed by atoms with Gasteiger partial charge in [0.25, 0.3) is 5.92 Å². The van der Waals surface area contributed by atoms with Crippen LogP contribution in [0.25, 0.3) is 11.6 Å². The molecule has 3 rings (SSSR count). The summed E-state index contributed by atoms with van der Waals surface area (Å²) >= 11 is 0. The standard InChI is InChI=1S/C11H11F2N3O/c1-7-4-9(17-15-7)10-14-2-3-16(10)6-8-5-11(8,12)13/h2-4,8H,5-6H2,1H3. The lowest BCUT2D eigenvalue weighted by Crippen LogP contribution is -2.05. The molecule has 0 amide bonds. The average molecular weight is 239 g/mol.